The van der Waals surface area contributed by atoms with E-state index in [1.54, 1.807) is 0 Å². The van der Waals surface area contributed by atoms with Crippen molar-refractivity contribution in [3.05, 3.63) is 179 Å². The topological polar surface area (TPSA) is 29.3 Å². The molecule has 0 amide bonds. The highest BCUT2D eigenvalue weighted by molar-refractivity contribution is 5.94. The highest BCUT2D eigenvalue weighted by Crippen LogP contribution is 2.57. The molecule has 0 unspecified atom stereocenters. The highest BCUT2D eigenvalue weighted by atomic mass is 16.3. The summed E-state index contributed by atoms with van der Waals surface area (Å²) < 4.78 is 6.23. The first-order valence-corrected chi connectivity index (χ1v) is 19.5. The monoisotopic (exact) mass is 710 g/mol. The van der Waals surface area contributed by atoms with E-state index in [0.29, 0.717) is 5.89 Å². The molecule has 7 aromatic carbocycles. The quantitative estimate of drug-likeness (QED) is 0.182. The van der Waals surface area contributed by atoms with E-state index in [2.05, 4.69) is 168 Å². The minimum absolute atomic E-state index is 0.115. The zero-order valence-electron chi connectivity index (χ0n) is 32.2. The third kappa shape index (κ3) is 4.35. The molecule has 0 fully saturated rings. The Labute approximate surface area is 322 Å². The maximum absolute atomic E-state index is 6.23. The smallest absolute Gasteiger partial charge is 0.227 e. The molecule has 0 N–H and O–H groups in total. The number of rotatable bonds is 4. The lowest BCUT2D eigenvalue weighted by Crippen LogP contribution is -2.22. The van der Waals surface area contributed by atoms with E-state index >= 15 is 0 Å². The van der Waals surface area contributed by atoms with Gasteiger partial charge in [-0.2, -0.15) is 0 Å². The standard InChI is InChI=1S/C52H42N2O/c1-50(2)40-17-9-7-14-34(40)36-25-23-32(29-43(36)50)54(46-20-13-16-38-35-15-8-10-18-41(35)52(5,6)48(38)46)33-24-26-37-39-28-31(22-27-42(39)51(3,4)44(37)30-33)49-53-45-19-11-12-21-47(45)55-49/h7-30H,1-6H3. The molecule has 1 heterocycles. The predicted octanol–water partition coefficient (Wildman–Crippen LogP) is 13.9. The van der Waals surface area contributed by atoms with E-state index in [-0.39, 0.29) is 16.2 Å². The molecule has 0 saturated carbocycles. The van der Waals surface area contributed by atoms with Gasteiger partial charge in [-0.1, -0.05) is 133 Å². The summed E-state index contributed by atoms with van der Waals surface area (Å²) in [7, 11) is 0. The van der Waals surface area contributed by atoms with Crippen molar-refractivity contribution in [1.29, 1.82) is 0 Å². The Morgan fingerprint density at radius 1 is 0.436 bits per heavy atom. The minimum atomic E-state index is -0.206. The molecular weight excluding hydrogens is 669 g/mol. The average Bonchev–Trinajstić information content (AvgIpc) is 3.87. The van der Waals surface area contributed by atoms with Crippen molar-refractivity contribution >= 4 is 28.2 Å². The molecule has 0 aliphatic heterocycles. The first-order chi connectivity index (χ1) is 26.5. The third-order valence-electron chi connectivity index (χ3n) is 13.1. The molecule has 11 rings (SSSR count). The second kappa shape index (κ2) is 11.0. The van der Waals surface area contributed by atoms with Crippen molar-refractivity contribution in [2.75, 3.05) is 4.90 Å². The molecule has 3 aliphatic rings. The van der Waals surface area contributed by atoms with Crippen molar-refractivity contribution in [2.24, 2.45) is 0 Å². The van der Waals surface area contributed by atoms with Gasteiger partial charge in [-0.05, 0) is 121 Å². The number of hydrogen-bond donors (Lipinski definition) is 0. The lowest BCUT2D eigenvalue weighted by molar-refractivity contribution is 0.619. The molecule has 3 heteroatoms. The maximum atomic E-state index is 6.23. The largest absolute Gasteiger partial charge is 0.436 e. The fraction of sp³-hybridized carbons (Fsp3) is 0.173. The van der Waals surface area contributed by atoms with Crippen molar-refractivity contribution in [2.45, 2.75) is 57.8 Å². The molecule has 55 heavy (non-hydrogen) atoms. The molecule has 0 spiro atoms. The van der Waals surface area contributed by atoms with Gasteiger partial charge in [0.15, 0.2) is 5.58 Å². The van der Waals surface area contributed by atoms with Gasteiger partial charge in [-0.15, -0.1) is 0 Å². The summed E-state index contributed by atoms with van der Waals surface area (Å²) in [6, 6.07) is 53.7. The van der Waals surface area contributed by atoms with Crippen LogP contribution in [0.4, 0.5) is 17.1 Å². The summed E-state index contributed by atoms with van der Waals surface area (Å²) in [6.07, 6.45) is 0. The van der Waals surface area contributed by atoms with Crippen LogP contribution in [0.3, 0.4) is 0 Å². The van der Waals surface area contributed by atoms with E-state index in [1.165, 1.54) is 78.1 Å². The van der Waals surface area contributed by atoms with E-state index in [9.17, 15) is 0 Å². The number of para-hydroxylation sites is 2. The van der Waals surface area contributed by atoms with Crippen LogP contribution in [0.15, 0.2) is 150 Å². The Hall–Kier alpha value is -6.19. The molecule has 3 aliphatic carbocycles. The number of anilines is 3. The molecule has 0 radical (unpaired) electrons. The summed E-state index contributed by atoms with van der Waals surface area (Å²) in [6.45, 7) is 14.2. The second-order valence-electron chi connectivity index (χ2n) is 17.2. The van der Waals surface area contributed by atoms with Crippen LogP contribution < -0.4 is 4.90 Å². The van der Waals surface area contributed by atoms with Gasteiger partial charge in [-0.25, -0.2) is 4.98 Å². The first kappa shape index (κ1) is 32.3. The van der Waals surface area contributed by atoms with Gasteiger partial charge in [-0.3, -0.25) is 0 Å². The van der Waals surface area contributed by atoms with Gasteiger partial charge in [0.25, 0.3) is 0 Å². The fourth-order valence-electron chi connectivity index (χ4n) is 10.3. The zero-order chi connectivity index (χ0) is 37.4. The van der Waals surface area contributed by atoms with Gasteiger partial charge in [0.2, 0.25) is 5.89 Å². The van der Waals surface area contributed by atoms with Gasteiger partial charge in [0.1, 0.15) is 5.52 Å². The summed E-state index contributed by atoms with van der Waals surface area (Å²) >= 11 is 0. The Bertz CT molecular complexity index is 2890. The molecule has 1 aromatic heterocycles. The number of fused-ring (bicyclic) bond motifs is 10. The van der Waals surface area contributed by atoms with Crippen molar-refractivity contribution in [1.82, 2.24) is 4.98 Å². The fourth-order valence-corrected chi connectivity index (χ4v) is 10.3. The number of oxazole rings is 1. The number of nitrogens with zero attached hydrogens (tertiary/aromatic N) is 2. The van der Waals surface area contributed by atoms with Crippen LogP contribution in [-0.4, -0.2) is 4.98 Å². The second-order valence-corrected chi connectivity index (χ2v) is 17.2. The molecule has 266 valence electrons. The van der Waals surface area contributed by atoms with Crippen LogP contribution in [0.5, 0.6) is 0 Å². The Kier molecular flexibility index (Phi) is 6.42. The van der Waals surface area contributed by atoms with Crippen LogP contribution >= 0.6 is 0 Å². The van der Waals surface area contributed by atoms with E-state index in [1.807, 2.05) is 24.3 Å². The number of aromatic nitrogens is 1. The Morgan fingerprint density at radius 2 is 0.982 bits per heavy atom. The van der Waals surface area contributed by atoms with Gasteiger partial charge >= 0.3 is 0 Å². The van der Waals surface area contributed by atoms with Gasteiger partial charge < -0.3 is 9.32 Å². The predicted molar refractivity (Wildman–Crippen MR) is 227 cm³/mol. The van der Waals surface area contributed by atoms with Crippen LogP contribution in [0.1, 0.15) is 74.9 Å². The van der Waals surface area contributed by atoms with Crippen molar-refractivity contribution in [3.8, 4) is 44.8 Å². The molecular formula is C52H42N2O. The van der Waals surface area contributed by atoms with Crippen molar-refractivity contribution in [3.63, 3.8) is 0 Å². The van der Waals surface area contributed by atoms with Crippen LogP contribution in [0, 0.1) is 0 Å². The maximum Gasteiger partial charge on any atom is 0.227 e. The van der Waals surface area contributed by atoms with E-state index in [4.69, 9.17) is 9.40 Å². The SMILES string of the molecule is CC1(C)c2ccccc2-c2ccc(N(c3ccc4c(c3)C(C)(C)c3ccc(-c5nc6ccccc6o5)cc3-4)c3cccc4c3C(C)(C)c3ccccc3-4)cc21. The van der Waals surface area contributed by atoms with Crippen LogP contribution in [-0.2, 0) is 16.2 Å². The van der Waals surface area contributed by atoms with E-state index < -0.39 is 0 Å². The van der Waals surface area contributed by atoms with Crippen LogP contribution in [0.25, 0.3) is 55.9 Å². The van der Waals surface area contributed by atoms with Crippen molar-refractivity contribution < 1.29 is 4.42 Å². The average molecular weight is 711 g/mol. The molecule has 0 bridgehead atoms. The van der Waals surface area contributed by atoms with E-state index in [0.717, 1.165) is 22.4 Å². The first-order valence-electron chi connectivity index (χ1n) is 19.5. The molecule has 0 atom stereocenters. The normalized spacial score (nSPS) is 15.9. The lowest BCUT2D eigenvalue weighted by Gasteiger charge is -2.34. The van der Waals surface area contributed by atoms with Crippen LogP contribution in [0.2, 0.25) is 0 Å². The van der Waals surface area contributed by atoms with Gasteiger partial charge in [0.05, 0.1) is 5.69 Å². The minimum Gasteiger partial charge on any atom is -0.436 e. The lowest BCUT2D eigenvalue weighted by atomic mass is 9.80. The third-order valence-corrected chi connectivity index (χ3v) is 13.1. The Morgan fingerprint density at radius 3 is 1.67 bits per heavy atom. The Balaban J connectivity index is 1.11. The zero-order valence-corrected chi connectivity index (χ0v) is 32.2. The molecule has 3 nitrogen and oxygen atoms in total. The van der Waals surface area contributed by atoms with Gasteiger partial charge in [0, 0.05) is 33.2 Å². The summed E-state index contributed by atoms with van der Waals surface area (Å²) in [5.74, 6) is 0.654. The highest BCUT2D eigenvalue weighted by Gasteiger charge is 2.41. The summed E-state index contributed by atoms with van der Waals surface area (Å²) in [5.41, 5.74) is 21.7. The molecule has 0 saturated heterocycles. The molecule has 8 aromatic rings. The summed E-state index contributed by atoms with van der Waals surface area (Å²) in [4.78, 5) is 7.37. The number of benzene rings is 7. The number of hydrogen-bond acceptors (Lipinski definition) is 3. The summed E-state index contributed by atoms with van der Waals surface area (Å²) in [5, 5.41) is 0.